The lowest BCUT2D eigenvalue weighted by atomic mass is 10.1. The lowest BCUT2D eigenvalue weighted by Crippen LogP contribution is -2.25. The second-order valence-corrected chi connectivity index (χ2v) is 8.30. The summed E-state index contributed by atoms with van der Waals surface area (Å²) in [6.45, 7) is 3.95. The van der Waals surface area contributed by atoms with Crippen LogP contribution < -0.4 is 10.5 Å². The van der Waals surface area contributed by atoms with Gasteiger partial charge in [0.2, 0.25) is 15.9 Å². The number of benzene rings is 1. The molecule has 7 heteroatoms. The van der Waals surface area contributed by atoms with Crippen molar-refractivity contribution in [2.24, 2.45) is 11.1 Å². The summed E-state index contributed by atoms with van der Waals surface area (Å²) in [4.78, 5) is 12.1. The maximum absolute atomic E-state index is 12.1. The van der Waals surface area contributed by atoms with Crippen LogP contribution in [0.2, 0.25) is 0 Å². The van der Waals surface area contributed by atoms with Crippen LogP contribution in [0.1, 0.15) is 49.3 Å². The number of rotatable bonds is 6. The van der Waals surface area contributed by atoms with Crippen molar-refractivity contribution in [2.45, 2.75) is 37.1 Å². The summed E-state index contributed by atoms with van der Waals surface area (Å²) in [5.74, 6) is 2.47. The molecule has 6 nitrogen and oxygen atoms in total. The second kappa shape index (κ2) is 7.09. The number of hydrogen-bond acceptors (Lipinski definition) is 4. The minimum atomic E-state index is -3.78. The molecule has 26 heavy (non-hydrogen) atoms. The van der Waals surface area contributed by atoms with Gasteiger partial charge in [0.1, 0.15) is 11.5 Å². The molecule has 0 spiro atoms. The van der Waals surface area contributed by atoms with Gasteiger partial charge in [0.05, 0.1) is 10.9 Å². The van der Waals surface area contributed by atoms with E-state index in [-0.39, 0.29) is 16.8 Å². The minimum Gasteiger partial charge on any atom is -0.461 e. The fourth-order valence-electron chi connectivity index (χ4n) is 2.84. The van der Waals surface area contributed by atoms with E-state index < -0.39 is 10.0 Å². The highest BCUT2D eigenvalue weighted by Crippen LogP contribution is 2.47. The molecule has 3 N–H and O–H groups in total. The summed E-state index contributed by atoms with van der Waals surface area (Å²) < 4.78 is 28.6. The van der Waals surface area contributed by atoms with Gasteiger partial charge in [0.15, 0.2) is 0 Å². The van der Waals surface area contributed by atoms with Gasteiger partial charge in [-0.25, -0.2) is 13.6 Å². The van der Waals surface area contributed by atoms with Crippen LogP contribution >= 0.6 is 0 Å². The van der Waals surface area contributed by atoms with Crippen LogP contribution in [0.3, 0.4) is 0 Å². The normalized spacial score (nSPS) is 20.9. The number of sulfonamides is 1. The molecular weight excluding hydrogens is 352 g/mol. The van der Waals surface area contributed by atoms with Gasteiger partial charge in [-0.2, -0.15) is 0 Å². The van der Waals surface area contributed by atoms with Crippen molar-refractivity contribution in [1.29, 1.82) is 0 Å². The van der Waals surface area contributed by atoms with Crippen molar-refractivity contribution in [1.82, 2.24) is 5.32 Å². The summed E-state index contributed by atoms with van der Waals surface area (Å²) in [5.41, 5.74) is 0.654. The first-order valence-electron chi connectivity index (χ1n) is 8.45. The Morgan fingerprint density at radius 1 is 1.35 bits per heavy atom. The highest BCUT2D eigenvalue weighted by Gasteiger charge is 2.36. The summed E-state index contributed by atoms with van der Waals surface area (Å²) >= 11 is 0. The number of nitrogens with one attached hydrogen (secondary N) is 1. The number of primary sulfonamides is 1. The molecule has 0 bridgehead atoms. The molecule has 1 aromatic heterocycles. The molecule has 1 fully saturated rings. The molecule has 1 aliphatic carbocycles. The largest absolute Gasteiger partial charge is 0.461 e. The maximum Gasteiger partial charge on any atom is 0.244 e. The van der Waals surface area contributed by atoms with Gasteiger partial charge < -0.3 is 9.73 Å². The fourth-order valence-corrected chi connectivity index (χ4v) is 3.41. The summed E-state index contributed by atoms with van der Waals surface area (Å²) in [6, 6.07) is 9.64. The number of furan rings is 1. The molecule has 3 rings (SSSR count). The Labute approximate surface area is 153 Å². The van der Waals surface area contributed by atoms with Gasteiger partial charge in [-0.15, -0.1) is 0 Å². The molecule has 0 aliphatic heterocycles. The van der Waals surface area contributed by atoms with Gasteiger partial charge in [-0.05, 0) is 55.2 Å². The zero-order chi connectivity index (χ0) is 18.9. The number of carbonyl (C=O) groups excluding carboxylic acids is 1. The van der Waals surface area contributed by atoms with E-state index in [1.165, 1.54) is 18.2 Å². The molecule has 2 aromatic rings. The predicted molar refractivity (Wildman–Crippen MR) is 98.6 cm³/mol. The Bertz CT molecular complexity index is 946. The molecule has 1 saturated carbocycles. The average molecular weight is 374 g/mol. The van der Waals surface area contributed by atoms with Crippen molar-refractivity contribution in [3.05, 3.63) is 59.6 Å². The maximum atomic E-state index is 12.1. The Balaban J connectivity index is 1.61. The lowest BCUT2D eigenvalue weighted by Gasteiger charge is -2.13. The van der Waals surface area contributed by atoms with E-state index in [1.54, 1.807) is 25.1 Å². The zero-order valence-corrected chi connectivity index (χ0v) is 15.5. The van der Waals surface area contributed by atoms with Crippen LogP contribution in [-0.2, 0) is 14.8 Å². The van der Waals surface area contributed by atoms with Gasteiger partial charge in [-0.1, -0.05) is 19.1 Å². The monoisotopic (exact) mass is 374 g/mol. The Kier molecular flexibility index (Phi) is 5.02. The van der Waals surface area contributed by atoms with Gasteiger partial charge in [0, 0.05) is 12.0 Å². The molecule has 1 aliphatic rings. The fraction of sp³-hybridized carbons (Fsp3) is 0.316. The van der Waals surface area contributed by atoms with Crippen LogP contribution in [0.25, 0.3) is 6.08 Å². The lowest BCUT2D eigenvalue weighted by molar-refractivity contribution is -0.117. The van der Waals surface area contributed by atoms with Crippen LogP contribution in [0, 0.1) is 5.92 Å². The molecule has 0 radical (unpaired) electrons. The summed E-state index contributed by atoms with van der Waals surface area (Å²) in [5, 5.41) is 7.93. The molecule has 1 amide bonds. The number of hydrogen-bond donors (Lipinski definition) is 2. The van der Waals surface area contributed by atoms with Crippen molar-refractivity contribution in [3.63, 3.8) is 0 Å². The van der Waals surface area contributed by atoms with Crippen LogP contribution in [0.5, 0.6) is 0 Å². The SMILES string of the molecule is CC(NC(=O)C=Cc1ccc(C2CC2C)o1)c1cccc(S(N)(=O)=O)c1. The third kappa shape index (κ3) is 4.42. The molecule has 138 valence electrons. The molecule has 1 aromatic carbocycles. The first-order chi connectivity index (χ1) is 12.2. The smallest absolute Gasteiger partial charge is 0.244 e. The Morgan fingerprint density at radius 3 is 2.73 bits per heavy atom. The molecular formula is C19H22N2O4S. The average Bonchev–Trinajstić information content (AvgIpc) is 3.13. The second-order valence-electron chi connectivity index (χ2n) is 6.74. The molecule has 3 atom stereocenters. The number of nitrogens with two attached hydrogens (primary N) is 1. The summed E-state index contributed by atoms with van der Waals surface area (Å²) in [6.07, 6.45) is 4.17. The van der Waals surface area contributed by atoms with Crippen LogP contribution in [0.4, 0.5) is 0 Å². The first kappa shape index (κ1) is 18.4. The first-order valence-corrected chi connectivity index (χ1v) is 10.00. The zero-order valence-electron chi connectivity index (χ0n) is 14.7. The third-order valence-corrected chi connectivity index (χ3v) is 5.48. The van der Waals surface area contributed by atoms with Crippen molar-refractivity contribution >= 4 is 22.0 Å². The predicted octanol–water partition coefficient (Wildman–Crippen LogP) is 2.94. The third-order valence-electron chi connectivity index (χ3n) is 4.57. The van der Waals surface area contributed by atoms with Crippen LogP contribution in [0.15, 0.2) is 51.8 Å². The van der Waals surface area contributed by atoms with E-state index in [0.717, 1.165) is 12.2 Å². The van der Waals surface area contributed by atoms with Gasteiger partial charge in [-0.3, -0.25) is 4.79 Å². The Morgan fingerprint density at radius 2 is 2.08 bits per heavy atom. The number of amides is 1. The summed E-state index contributed by atoms with van der Waals surface area (Å²) in [7, 11) is -3.78. The Hall–Kier alpha value is -2.38. The highest BCUT2D eigenvalue weighted by atomic mass is 32.2. The van der Waals surface area contributed by atoms with E-state index in [2.05, 4.69) is 12.2 Å². The molecule has 1 heterocycles. The van der Waals surface area contributed by atoms with E-state index in [0.29, 0.717) is 23.2 Å². The van der Waals surface area contributed by atoms with E-state index in [9.17, 15) is 13.2 Å². The highest BCUT2D eigenvalue weighted by molar-refractivity contribution is 7.89. The van der Waals surface area contributed by atoms with Crippen molar-refractivity contribution in [3.8, 4) is 0 Å². The van der Waals surface area contributed by atoms with E-state index in [1.807, 2.05) is 12.1 Å². The van der Waals surface area contributed by atoms with Crippen molar-refractivity contribution in [2.75, 3.05) is 0 Å². The standard InChI is InChI=1S/C19H22N2O4S/c1-12-10-17(12)18-8-6-15(25-18)7-9-19(22)21-13(2)14-4-3-5-16(11-14)26(20,23)24/h3-9,11-13,17H,10H2,1-2H3,(H,21,22)(H2,20,23,24). The molecule has 0 saturated heterocycles. The molecule has 3 unspecified atom stereocenters. The van der Waals surface area contributed by atoms with E-state index >= 15 is 0 Å². The van der Waals surface area contributed by atoms with Gasteiger partial charge in [0.25, 0.3) is 0 Å². The van der Waals surface area contributed by atoms with Crippen LogP contribution in [-0.4, -0.2) is 14.3 Å². The van der Waals surface area contributed by atoms with Crippen molar-refractivity contribution < 1.29 is 17.6 Å². The minimum absolute atomic E-state index is 0.0176. The topological polar surface area (TPSA) is 102 Å². The number of carbonyl (C=O) groups is 1. The quantitative estimate of drug-likeness (QED) is 0.759. The van der Waals surface area contributed by atoms with E-state index in [4.69, 9.17) is 9.56 Å². The van der Waals surface area contributed by atoms with Gasteiger partial charge >= 0.3 is 0 Å².